The first-order valence-corrected chi connectivity index (χ1v) is 10.1. The summed E-state index contributed by atoms with van der Waals surface area (Å²) in [7, 11) is 0. The highest BCUT2D eigenvalue weighted by molar-refractivity contribution is 6.08. The van der Waals surface area contributed by atoms with Crippen LogP contribution >= 0.6 is 0 Å². The Balaban J connectivity index is 1.39. The van der Waals surface area contributed by atoms with Gasteiger partial charge in [0, 0.05) is 11.1 Å². The number of ether oxygens (including phenoxy) is 2. The molecule has 4 nitrogen and oxygen atoms in total. The molecule has 4 aromatic rings. The van der Waals surface area contributed by atoms with Gasteiger partial charge in [0.15, 0.2) is 6.10 Å². The molecule has 0 amide bonds. The van der Waals surface area contributed by atoms with Crippen molar-refractivity contribution >= 4 is 28.1 Å². The lowest BCUT2D eigenvalue weighted by atomic mass is 9.98. The van der Waals surface area contributed by atoms with E-state index >= 15 is 0 Å². The molecule has 0 aliphatic carbocycles. The maximum absolute atomic E-state index is 12.0. The molecule has 5 rings (SSSR count). The summed E-state index contributed by atoms with van der Waals surface area (Å²) in [5, 5.41) is 12.7. The van der Waals surface area contributed by atoms with E-state index in [4.69, 9.17) is 9.47 Å². The summed E-state index contributed by atoms with van der Waals surface area (Å²) in [5.41, 5.74) is 3.06. The number of cyclic esters (lactones) is 1. The third-order valence-corrected chi connectivity index (χ3v) is 5.42. The Morgan fingerprint density at radius 3 is 2.29 bits per heavy atom. The Hall–Kier alpha value is -3.89. The highest BCUT2D eigenvalue weighted by atomic mass is 16.6. The van der Waals surface area contributed by atoms with Crippen molar-refractivity contribution in [1.82, 2.24) is 0 Å². The van der Waals surface area contributed by atoms with E-state index in [1.54, 1.807) is 0 Å². The van der Waals surface area contributed by atoms with Gasteiger partial charge in [-0.15, -0.1) is 0 Å². The van der Waals surface area contributed by atoms with Crippen molar-refractivity contribution in [3.05, 3.63) is 114 Å². The number of aliphatic hydroxyl groups excluding tert-OH is 1. The number of benzene rings is 4. The fraction of sp³-hybridized carbons (Fsp3) is 0.0741. The molecule has 0 aromatic heterocycles. The van der Waals surface area contributed by atoms with Gasteiger partial charge in [0.05, 0.1) is 0 Å². The predicted molar refractivity (Wildman–Crippen MR) is 120 cm³/mol. The minimum absolute atomic E-state index is 0.379. The van der Waals surface area contributed by atoms with E-state index in [0.717, 1.165) is 11.1 Å². The molecule has 0 radical (unpaired) electrons. The molecule has 4 aromatic carbocycles. The van der Waals surface area contributed by atoms with Gasteiger partial charge in [-0.05, 0) is 46.2 Å². The molecule has 0 saturated carbocycles. The summed E-state index contributed by atoms with van der Waals surface area (Å²) in [6.45, 7) is 0.451. The standard InChI is InChI=1S/C27H20O4/c28-25-24(19-8-2-1-3-9-19)26(31-27(25)29)20-13-15-22(16-14-20)30-17-21-11-6-10-18-7-4-5-12-23(18)21/h1-16,25,28H,17H2. The first-order valence-electron chi connectivity index (χ1n) is 10.1. The van der Waals surface area contributed by atoms with Gasteiger partial charge >= 0.3 is 5.97 Å². The Morgan fingerprint density at radius 2 is 1.48 bits per heavy atom. The summed E-state index contributed by atoms with van der Waals surface area (Å²) in [4.78, 5) is 12.0. The normalized spacial score (nSPS) is 15.9. The van der Waals surface area contributed by atoms with Crippen molar-refractivity contribution in [1.29, 1.82) is 0 Å². The van der Waals surface area contributed by atoms with Crippen LogP contribution in [0.3, 0.4) is 0 Å². The number of rotatable bonds is 5. The maximum atomic E-state index is 12.0. The van der Waals surface area contributed by atoms with E-state index in [2.05, 4.69) is 24.3 Å². The van der Waals surface area contributed by atoms with E-state index in [9.17, 15) is 9.90 Å². The van der Waals surface area contributed by atoms with Crippen LogP contribution in [-0.4, -0.2) is 17.2 Å². The molecule has 0 fully saturated rings. The van der Waals surface area contributed by atoms with Crippen LogP contribution in [-0.2, 0) is 16.1 Å². The van der Waals surface area contributed by atoms with Crippen molar-refractivity contribution in [2.45, 2.75) is 12.7 Å². The molecule has 1 aliphatic rings. The number of hydrogen-bond acceptors (Lipinski definition) is 4. The molecule has 1 atom stereocenters. The van der Waals surface area contributed by atoms with E-state index in [-0.39, 0.29) is 0 Å². The molecule has 0 spiro atoms. The molecule has 1 N–H and O–H groups in total. The van der Waals surface area contributed by atoms with Crippen LogP contribution in [0.25, 0.3) is 22.1 Å². The van der Waals surface area contributed by atoms with Gasteiger partial charge in [0.1, 0.15) is 18.1 Å². The van der Waals surface area contributed by atoms with Crippen LogP contribution in [0.5, 0.6) is 5.75 Å². The second-order valence-electron chi connectivity index (χ2n) is 7.38. The predicted octanol–water partition coefficient (Wildman–Crippen LogP) is 5.20. The number of carbonyl (C=O) groups is 1. The molecular weight excluding hydrogens is 388 g/mol. The van der Waals surface area contributed by atoms with Crippen molar-refractivity contribution < 1.29 is 19.4 Å². The quantitative estimate of drug-likeness (QED) is 0.461. The Morgan fingerprint density at radius 1 is 0.774 bits per heavy atom. The number of fused-ring (bicyclic) bond motifs is 1. The number of hydrogen-bond donors (Lipinski definition) is 1. The Labute approximate surface area is 180 Å². The molecule has 0 saturated heterocycles. The summed E-state index contributed by atoms with van der Waals surface area (Å²) in [5.74, 6) is 0.429. The second kappa shape index (κ2) is 8.09. The smallest absolute Gasteiger partial charge is 0.345 e. The summed E-state index contributed by atoms with van der Waals surface area (Å²) in [6.07, 6.45) is -1.29. The molecule has 1 unspecified atom stereocenters. The number of aliphatic hydroxyl groups is 1. The molecule has 1 aliphatic heterocycles. The van der Waals surface area contributed by atoms with Crippen LogP contribution in [0.2, 0.25) is 0 Å². The van der Waals surface area contributed by atoms with Gasteiger partial charge in [-0.1, -0.05) is 72.8 Å². The van der Waals surface area contributed by atoms with E-state index < -0.39 is 12.1 Å². The molecular formula is C27H20O4. The van der Waals surface area contributed by atoms with Crippen molar-refractivity contribution in [3.63, 3.8) is 0 Å². The monoisotopic (exact) mass is 408 g/mol. The number of carbonyl (C=O) groups excluding carboxylic acids is 1. The van der Waals surface area contributed by atoms with Crippen LogP contribution in [0, 0.1) is 0 Å². The van der Waals surface area contributed by atoms with Gasteiger partial charge < -0.3 is 14.6 Å². The third-order valence-electron chi connectivity index (χ3n) is 5.42. The Bertz CT molecular complexity index is 1270. The molecule has 31 heavy (non-hydrogen) atoms. The zero-order valence-corrected chi connectivity index (χ0v) is 16.7. The van der Waals surface area contributed by atoms with Gasteiger partial charge in [-0.2, -0.15) is 0 Å². The highest BCUT2D eigenvalue weighted by Crippen LogP contribution is 2.36. The van der Waals surface area contributed by atoms with Crippen molar-refractivity contribution in [2.24, 2.45) is 0 Å². The average molecular weight is 408 g/mol. The number of esters is 1. The minimum atomic E-state index is -1.29. The van der Waals surface area contributed by atoms with E-state index in [1.165, 1.54) is 10.8 Å². The minimum Gasteiger partial charge on any atom is -0.489 e. The fourth-order valence-corrected chi connectivity index (χ4v) is 3.86. The first kappa shape index (κ1) is 19.1. The first-order chi connectivity index (χ1) is 15.2. The summed E-state index contributed by atoms with van der Waals surface area (Å²) >= 11 is 0. The Kier molecular flexibility index (Phi) is 4.98. The average Bonchev–Trinajstić information content (AvgIpc) is 3.12. The molecule has 4 heteroatoms. The van der Waals surface area contributed by atoms with Crippen molar-refractivity contribution in [3.8, 4) is 5.75 Å². The lowest BCUT2D eigenvalue weighted by Gasteiger charge is -2.11. The summed E-state index contributed by atoms with van der Waals surface area (Å²) < 4.78 is 11.4. The third kappa shape index (κ3) is 3.69. The fourth-order valence-electron chi connectivity index (χ4n) is 3.86. The van der Waals surface area contributed by atoms with E-state index in [0.29, 0.717) is 29.3 Å². The zero-order valence-electron chi connectivity index (χ0n) is 16.7. The van der Waals surface area contributed by atoms with Crippen LogP contribution in [0.15, 0.2) is 97.1 Å². The molecule has 1 heterocycles. The largest absolute Gasteiger partial charge is 0.489 e. The summed E-state index contributed by atoms with van der Waals surface area (Å²) in [6, 6.07) is 31.1. The van der Waals surface area contributed by atoms with Crippen LogP contribution in [0.4, 0.5) is 0 Å². The zero-order chi connectivity index (χ0) is 21.2. The van der Waals surface area contributed by atoms with Crippen LogP contribution in [0.1, 0.15) is 16.7 Å². The van der Waals surface area contributed by atoms with E-state index in [1.807, 2.05) is 72.8 Å². The van der Waals surface area contributed by atoms with Gasteiger partial charge in [-0.25, -0.2) is 4.79 Å². The lowest BCUT2D eigenvalue weighted by molar-refractivity contribution is -0.141. The molecule has 152 valence electrons. The lowest BCUT2D eigenvalue weighted by Crippen LogP contribution is -2.16. The van der Waals surface area contributed by atoms with Crippen LogP contribution < -0.4 is 4.74 Å². The van der Waals surface area contributed by atoms with Gasteiger partial charge in [-0.3, -0.25) is 0 Å². The second-order valence-corrected chi connectivity index (χ2v) is 7.38. The molecule has 0 bridgehead atoms. The topological polar surface area (TPSA) is 55.8 Å². The van der Waals surface area contributed by atoms with Gasteiger partial charge in [0.2, 0.25) is 0 Å². The highest BCUT2D eigenvalue weighted by Gasteiger charge is 2.35. The maximum Gasteiger partial charge on any atom is 0.345 e. The SMILES string of the molecule is O=C1OC(c2ccc(OCc3cccc4ccccc34)cc2)=C(c2ccccc2)C1O. The van der Waals surface area contributed by atoms with Gasteiger partial charge in [0.25, 0.3) is 0 Å². The van der Waals surface area contributed by atoms with Crippen molar-refractivity contribution in [2.75, 3.05) is 0 Å².